The lowest BCUT2D eigenvalue weighted by atomic mass is 9.83. The Morgan fingerprint density at radius 1 is 1.50 bits per heavy atom. The highest BCUT2D eigenvalue weighted by Gasteiger charge is 2.37. The maximum atomic E-state index is 14.4. The van der Waals surface area contributed by atoms with Gasteiger partial charge < -0.3 is 15.2 Å². The highest BCUT2D eigenvalue weighted by Crippen LogP contribution is 2.43. The van der Waals surface area contributed by atoms with Crippen molar-refractivity contribution in [2.75, 3.05) is 6.61 Å². The lowest BCUT2D eigenvalue weighted by Gasteiger charge is -2.24. The molecule has 1 unspecified atom stereocenters. The number of nitrogens with one attached hydrogen (secondary N) is 1. The maximum Gasteiger partial charge on any atom is 0.311 e. The predicted octanol–water partition coefficient (Wildman–Crippen LogP) is 2.01. The van der Waals surface area contributed by atoms with Gasteiger partial charge in [-0.05, 0) is 25.1 Å². The number of esters is 1. The minimum atomic E-state index is -1.07. The second-order valence-electron chi connectivity index (χ2n) is 5.49. The molecule has 7 nitrogen and oxygen atoms in total. The molecule has 0 fully saturated rings. The van der Waals surface area contributed by atoms with E-state index in [9.17, 15) is 18.8 Å². The van der Waals surface area contributed by atoms with Crippen molar-refractivity contribution in [3.8, 4) is 11.9 Å². The number of hydrogen-bond donors (Lipinski definition) is 2. The van der Waals surface area contributed by atoms with Crippen molar-refractivity contribution in [1.29, 1.82) is 5.26 Å². The van der Waals surface area contributed by atoms with Crippen LogP contribution in [0.3, 0.4) is 0 Å². The molecule has 9 heteroatoms. The van der Waals surface area contributed by atoms with E-state index in [0.29, 0.717) is 0 Å². The van der Waals surface area contributed by atoms with Crippen LogP contribution >= 0.6 is 0 Å². The number of ether oxygens (including phenoxy) is 2. The summed E-state index contributed by atoms with van der Waals surface area (Å²) in [6.07, 6.45) is -0.203. The van der Waals surface area contributed by atoms with E-state index in [0.717, 1.165) is 18.2 Å². The molecule has 1 aromatic heterocycles. The molecule has 2 heterocycles. The maximum absolute atomic E-state index is 14.4. The van der Waals surface area contributed by atoms with E-state index < -0.39 is 23.5 Å². The van der Waals surface area contributed by atoms with Crippen LogP contribution in [0.5, 0.6) is 5.88 Å². The summed E-state index contributed by atoms with van der Waals surface area (Å²) in [6, 6.07) is 4.76. The quantitative estimate of drug-likeness (QED) is 0.806. The highest BCUT2D eigenvalue weighted by molar-refractivity contribution is 5.73. The van der Waals surface area contributed by atoms with Gasteiger partial charge in [0.25, 0.3) is 0 Å². The summed E-state index contributed by atoms with van der Waals surface area (Å²) in [4.78, 5) is 11.8. The predicted molar refractivity (Wildman–Crippen MR) is 84.6 cm³/mol. The van der Waals surface area contributed by atoms with Gasteiger partial charge in [0.1, 0.15) is 23.3 Å². The summed E-state index contributed by atoms with van der Waals surface area (Å²) in [7, 11) is 0. The van der Waals surface area contributed by atoms with Crippen LogP contribution in [0, 0.1) is 23.0 Å². The third kappa shape index (κ3) is 2.97. The molecule has 0 spiro atoms. The van der Waals surface area contributed by atoms with Crippen molar-refractivity contribution in [3.05, 3.63) is 58.1 Å². The number of rotatable bonds is 4. The third-order valence-electron chi connectivity index (χ3n) is 3.91. The van der Waals surface area contributed by atoms with Crippen molar-refractivity contribution in [3.63, 3.8) is 0 Å². The van der Waals surface area contributed by atoms with Crippen molar-refractivity contribution >= 4 is 5.97 Å². The minimum absolute atomic E-state index is 0.00513. The number of benzene rings is 1. The average molecular weight is 360 g/mol. The van der Waals surface area contributed by atoms with Crippen LogP contribution in [0.15, 0.2) is 29.7 Å². The van der Waals surface area contributed by atoms with Gasteiger partial charge in [-0.3, -0.25) is 9.89 Å². The smallest absolute Gasteiger partial charge is 0.311 e. The molecule has 1 aromatic carbocycles. The Labute approximate surface area is 147 Å². The summed E-state index contributed by atoms with van der Waals surface area (Å²) >= 11 is 0. The van der Waals surface area contributed by atoms with E-state index in [4.69, 9.17) is 15.2 Å². The van der Waals surface area contributed by atoms with E-state index >= 15 is 0 Å². The number of aromatic amines is 1. The van der Waals surface area contributed by atoms with E-state index in [1.807, 2.05) is 6.07 Å². The Kier molecular flexibility index (Phi) is 4.58. The Morgan fingerprint density at radius 2 is 2.27 bits per heavy atom. The number of nitriles is 1. The number of allylic oxidation sites excluding steroid dienone is 1. The first-order chi connectivity index (χ1) is 12.5. The van der Waals surface area contributed by atoms with Gasteiger partial charge in [0, 0.05) is 5.56 Å². The number of carbonyl (C=O) groups is 1. The first-order valence-electron chi connectivity index (χ1n) is 7.71. The van der Waals surface area contributed by atoms with Gasteiger partial charge in [0.05, 0.1) is 30.2 Å². The molecular weight excluding hydrogens is 346 g/mol. The highest BCUT2D eigenvalue weighted by atomic mass is 19.1. The minimum Gasteiger partial charge on any atom is -0.466 e. The van der Waals surface area contributed by atoms with E-state index in [-0.39, 0.29) is 47.2 Å². The Hall–Kier alpha value is -3.41. The summed E-state index contributed by atoms with van der Waals surface area (Å²) < 4.78 is 38.3. The first-order valence-corrected chi connectivity index (χ1v) is 7.71. The van der Waals surface area contributed by atoms with E-state index in [2.05, 4.69) is 10.2 Å². The fraction of sp³-hybridized carbons (Fsp3) is 0.235. The van der Waals surface area contributed by atoms with Crippen LogP contribution in [0.1, 0.15) is 29.7 Å². The third-order valence-corrected chi connectivity index (χ3v) is 3.91. The molecule has 0 saturated carbocycles. The SMILES string of the molecule is CCOC(=O)Cc1[nH]nc2c1C(c1cc(F)ccc1F)C(C#N)=C(N)O2. The normalized spacial score (nSPS) is 15.8. The number of nitrogens with two attached hydrogens (primary N) is 1. The van der Waals surface area contributed by atoms with Gasteiger partial charge in [-0.15, -0.1) is 5.10 Å². The summed E-state index contributed by atoms with van der Waals surface area (Å²) in [5.74, 6) is -3.28. The molecule has 3 N–H and O–H groups in total. The zero-order valence-electron chi connectivity index (χ0n) is 13.7. The van der Waals surface area contributed by atoms with Crippen molar-refractivity contribution < 1.29 is 23.0 Å². The van der Waals surface area contributed by atoms with Crippen molar-refractivity contribution in [2.24, 2.45) is 5.73 Å². The number of H-pyrrole nitrogens is 1. The second kappa shape index (κ2) is 6.84. The number of carbonyl (C=O) groups excluding carboxylic acids is 1. The molecule has 0 amide bonds. The molecule has 2 aromatic rings. The number of fused-ring (bicyclic) bond motifs is 1. The molecule has 1 atom stereocenters. The van der Waals surface area contributed by atoms with Gasteiger partial charge in [-0.2, -0.15) is 5.26 Å². The average Bonchev–Trinajstić information content (AvgIpc) is 2.98. The second-order valence-corrected chi connectivity index (χ2v) is 5.49. The van der Waals surface area contributed by atoms with Gasteiger partial charge in [-0.25, -0.2) is 8.78 Å². The molecule has 0 bridgehead atoms. The van der Waals surface area contributed by atoms with Crippen molar-refractivity contribution in [2.45, 2.75) is 19.3 Å². The number of aromatic nitrogens is 2. The molecular formula is C17H14F2N4O3. The Balaban J connectivity index is 2.17. The van der Waals surface area contributed by atoms with Crippen LogP contribution in [-0.4, -0.2) is 22.8 Å². The largest absolute Gasteiger partial charge is 0.466 e. The van der Waals surface area contributed by atoms with Crippen LogP contribution in [0.2, 0.25) is 0 Å². The molecule has 0 radical (unpaired) electrons. The first kappa shape index (κ1) is 17.4. The fourth-order valence-electron chi connectivity index (χ4n) is 2.85. The summed E-state index contributed by atoms with van der Waals surface area (Å²) in [5.41, 5.74) is 6.05. The molecule has 134 valence electrons. The lowest BCUT2D eigenvalue weighted by Crippen LogP contribution is -2.22. The molecule has 1 aliphatic heterocycles. The number of hydrogen-bond acceptors (Lipinski definition) is 6. The van der Waals surface area contributed by atoms with Crippen molar-refractivity contribution in [1.82, 2.24) is 10.2 Å². The molecule has 26 heavy (non-hydrogen) atoms. The Morgan fingerprint density at radius 3 is 2.96 bits per heavy atom. The molecule has 0 saturated heterocycles. The van der Waals surface area contributed by atoms with Crippen LogP contribution in [-0.2, 0) is 16.0 Å². The lowest BCUT2D eigenvalue weighted by molar-refractivity contribution is -0.142. The molecule has 3 rings (SSSR count). The van der Waals surface area contributed by atoms with Gasteiger partial charge >= 0.3 is 5.97 Å². The van der Waals surface area contributed by atoms with Gasteiger partial charge in [-0.1, -0.05) is 0 Å². The monoisotopic (exact) mass is 360 g/mol. The summed E-state index contributed by atoms with van der Waals surface area (Å²) in [6.45, 7) is 1.84. The number of halogens is 2. The van der Waals surface area contributed by atoms with E-state index in [1.165, 1.54) is 0 Å². The van der Waals surface area contributed by atoms with Gasteiger partial charge in [0.2, 0.25) is 11.8 Å². The summed E-state index contributed by atoms with van der Waals surface area (Å²) in [5, 5.41) is 16.0. The zero-order valence-corrected chi connectivity index (χ0v) is 13.7. The van der Waals surface area contributed by atoms with Crippen LogP contribution < -0.4 is 10.5 Å². The Bertz CT molecular complexity index is 946. The molecule has 0 aliphatic carbocycles. The fourth-order valence-corrected chi connectivity index (χ4v) is 2.85. The molecule has 1 aliphatic rings. The van der Waals surface area contributed by atoms with Gasteiger partial charge in [0.15, 0.2) is 0 Å². The number of nitrogens with zero attached hydrogens (tertiary/aromatic N) is 2. The topological polar surface area (TPSA) is 114 Å². The standard InChI is InChI=1S/C17H14F2N4O3/c1-2-25-13(24)6-12-15-14(9-5-8(18)3-4-11(9)19)10(7-20)16(21)26-17(15)23-22-12/h3-5,14H,2,6,21H2,1H3,(H,22,23). The van der Waals surface area contributed by atoms with E-state index in [1.54, 1.807) is 6.92 Å². The van der Waals surface area contributed by atoms with Crippen LogP contribution in [0.25, 0.3) is 0 Å². The zero-order chi connectivity index (χ0) is 18.8. The van der Waals surface area contributed by atoms with Crippen LogP contribution in [0.4, 0.5) is 8.78 Å².